The molecule has 0 saturated heterocycles. The van der Waals surface area contributed by atoms with Crippen molar-refractivity contribution in [3.8, 4) is 23.0 Å². The molecular weight excluding hydrogens is 1250 g/mol. The number of hydrogen-bond donors (Lipinski definition) is 0. The third kappa shape index (κ3) is 14.9. The van der Waals surface area contributed by atoms with E-state index in [9.17, 15) is 28.8 Å². The van der Waals surface area contributed by atoms with E-state index in [1.54, 1.807) is 115 Å². The Labute approximate surface area is 529 Å². The Morgan fingerprint density at radius 3 is 1.08 bits per heavy atom. The van der Waals surface area contributed by atoms with Crippen LogP contribution in [0.3, 0.4) is 0 Å². The van der Waals surface area contributed by atoms with Gasteiger partial charge >= 0.3 is 23.7 Å². The number of rotatable bonds is 6. The SMILES string of the molecule is CC(=O)c1ccc2c(c1)oc(=O)n2C(=S)Oc1ccc(C)cc1.CC(=O)c1ccc2c(c1)oc(=S)n2C(=O)Oc1ccc(C)cc1.Cc1ccc(OC(=O)n2c(=S)oc3ccc(Cl)cc32)cc1.Cc1ccc(OC(=S)n2c(=O)oc3ccc(Cl)cc32)cc1. The number of halogens is 2. The van der Waals surface area contributed by atoms with Crippen LogP contribution in [0.15, 0.2) is 197 Å². The van der Waals surface area contributed by atoms with Gasteiger partial charge in [-0.25, -0.2) is 37.4 Å². The molecule has 18 nitrogen and oxygen atoms in total. The summed E-state index contributed by atoms with van der Waals surface area (Å²) in [6.07, 6.45) is -1.29. The van der Waals surface area contributed by atoms with Crippen LogP contribution in [0.2, 0.25) is 10.0 Å². The van der Waals surface area contributed by atoms with E-state index in [1.807, 2.05) is 76.2 Å². The first-order valence-electron chi connectivity index (χ1n) is 26.1. The molecule has 0 spiro atoms. The van der Waals surface area contributed by atoms with E-state index in [2.05, 4.69) is 0 Å². The van der Waals surface area contributed by atoms with Crippen LogP contribution in [0.4, 0.5) is 9.59 Å². The number of hydrogen-bond acceptors (Lipinski definition) is 18. The molecule has 0 N–H and O–H groups in total. The normalized spacial score (nSPS) is 10.7. The zero-order chi connectivity index (χ0) is 63.1. The van der Waals surface area contributed by atoms with Crippen LogP contribution in [0.25, 0.3) is 44.4 Å². The summed E-state index contributed by atoms with van der Waals surface area (Å²) in [6.45, 7) is 10.7. The van der Waals surface area contributed by atoms with E-state index < -0.39 is 23.7 Å². The first-order chi connectivity index (χ1) is 42.0. The standard InChI is InChI=1S/2C17H13NO4S.2C15H10ClNO3S/c1-10-3-6-13(7-4-10)21-17(23)18-14-8-5-12(11(2)19)9-15(14)22-16(18)20;1-10-3-6-13(7-4-10)21-16(20)18-14-8-5-12(11(2)19)9-15(14)22-17(18)23;1-9-2-5-11(6-3-9)19-15(21)17-12-8-10(16)4-7-13(12)20-14(17)18;1-9-2-5-11(6-3-9)19-14(18)17-12-8-10(16)4-7-13(12)20-15(17)21/h2*3-9H,1-2H3;2*2-8H,1H3. The van der Waals surface area contributed by atoms with Crippen molar-refractivity contribution in [1.82, 2.24) is 18.3 Å². The van der Waals surface area contributed by atoms with E-state index in [1.165, 1.54) is 29.0 Å². The molecule has 12 aromatic rings. The molecule has 0 aliphatic rings. The molecule has 0 amide bonds. The molecule has 0 aliphatic carbocycles. The number of ether oxygens (including phenoxy) is 4. The third-order valence-corrected chi connectivity index (χ3v) is 14.2. The Bertz CT molecular complexity index is 4630. The van der Waals surface area contributed by atoms with E-state index >= 15 is 0 Å². The van der Waals surface area contributed by atoms with Gasteiger partial charge in [0, 0.05) is 21.2 Å². The second-order valence-corrected chi connectivity index (χ2v) is 21.5. The van der Waals surface area contributed by atoms with Crippen LogP contribution in [-0.2, 0) is 0 Å². The summed E-state index contributed by atoms with van der Waals surface area (Å²) in [4.78, 5) is 71.4. The molecule has 0 aliphatic heterocycles. The maximum atomic E-state index is 12.4. The Kier molecular flexibility index (Phi) is 19.5. The van der Waals surface area contributed by atoms with Gasteiger partial charge in [0.25, 0.3) is 20.0 Å². The molecule has 0 unspecified atom stereocenters. The molecule has 0 atom stereocenters. The number of aryl methyl sites for hydroxylation is 4. The van der Waals surface area contributed by atoms with Crippen molar-refractivity contribution in [2.75, 3.05) is 0 Å². The highest BCUT2D eigenvalue weighted by Crippen LogP contribution is 2.26. The van der Waals surface area contributed by atoms with E-state index in [4.69, 9.17) is 109 Å². The van der Waals surface area contributed by atoms with Crippen LogP contribution in [0.1, 0.15) is 56.8 Å². The Morgan fingerprint density at radius 2 is 0.682 bits per heavy atom. The summed E-state index contributed by atoms with van der Waals surface area (Å²) in [5.74, 6) is 0.461. The second-order valence-electron chi connectivity index (χ2n) is 19.2. The highest BCUT2D eigenvalue weighted by Gasteiger charge is 2.21. The summed E-state index contributed by atoms with van der Waals surface area (Å²) >= 11 is 32.4. The number of benzene rings is 8. The molecule has 12 rings (SSSR count). The molecule has 0 radical (unpaired) electrons. The van der Waals surface area contributed by atoms with E-state index in [-0.39, 0.29) is 37.2 Å². The average Bonchev–Trinajstić information content (AvgIpc) is 2.37. The number of oxazole rings is 4. The van der Waals surface area contributed by atoms with Gasteiger partial charge in [-0.2, -0.15) is 0 Å². The summed E-state index contributed by atoms with van der Waals surface area (Å²) < 4.78 is 47.4. The van der Waals surface area contributed by atoms with Crippen molar-refractivity contribution in [2.24, 2.45) is 0 Å². The van der Waals surface area contributed by atoms with Gasteiger partial charge in [-0.15, -0.1) is 0 Å². The Morgan fingerprint density at radius 1 is 0.375 bits per heavy atom. The summed E-state index contributed by atoms with van der Waals surface area (Å²) in [5, 5.41) is 0.920. The molecule has 4 aromatic heterocycles. The summed E-state index contributed by atoms with van der Waals surface area (Å²) in [6, 6.07) is 48.2. The number of Topliss-reactive ketones (excluding diaryl/α,β-unsaturated/α-hetero) is 2. The van der Waals surface area contributed by atoms with Crippen LogP contribution in [0, 0.1) is 37.4 Å². The van der Waals surface area contributed by atoms with Gasteiger partial charge in [0.1, 0.15) is 34.0 Å². The molecule has 0 saturated carbocycles. The first kappa shape index (κ1) is 62.8. The quantitative estimate of drug-likeness (QED) is 0.112. The molecule has 88 heavy (non-hydrogen) atoms. The number of thiocarbonyl (C=S) groups is 2. The largest absolute Gasteiger partial charge is 0.431 e. The molecular formula is C64H46Cl2N4O14S4. The molecule has 8 aromatic carbocycles. The lowest BCUT2D eigenvalue weighted by Gasteiger charge is -2.07. The van der Waals surface area contributed by atoms with Crippen molar-refractivity contribution in [3.05, 3.63) is 244 Å². The number of carbonyl (C=O) groups excluding carboxylic acids is 4. The van der Waals surface area contributed by atoms with Gasteiger partial charge in [0.05, 0.1) is 11.0 Å². The predicted molar refractivity (Wildman–Crippen MR) is 346 cm³/mol. The number of ketones is 2. The first-order valence-corrected chi connectivity index (χ1v) is 28.5. The molecule has 0 bridgehead atoms. The predicted octanol–water partition coefficient (Wildman–Crippen LogP) is 16.6. The summed E-state index contributed by atoms with van der Waals surface area (Å²) in [7, 11) is 0. The molecule has 4 heterocycles. The zero-order valence-corrected chi connectivity index (χ0v) is 51.8. The van der Waals surface area contributed by atoms with Crippen molar-refractivity contribution in [2.45, 2.75) is 41.5 Å². The third-order valence-electron chi connectivity index (χ3n) is 12.7. The maximum Gasteiger partial charge on any atom is 0.427 e. The fraction of sp³-hybridized carbons (Fsp3) is 0.0938. The lowest BCUT2D eigenvalue weighted by atomic mass is 10.1. The highest BCUT2D eigenvalue weighted by atomic mass is 35.5. The lowest BCUT2D eigenvalue weighted by molar-refractivity contribution is 0.100. The van der Waals surface area contributed by atoms with Gasteiger partial charge in [0.15, 0.2) is 33.9 Å². The minimum Gasteiger partial charge on any atom is -0.431 e. The minimum absolute atomic E-state index is 0.00938. The molecule has 0 fully saturated rings. The lowest BCUT2D eigenvalue weighted by Crippen LogP contribution is -2.25. The number of nitrogens with zero attached hydrogens (tertiary/aromatic N) is 4. The van der Waals surface area contributed by atoms with Crippen LogP contribution < -0.4 is 30.5 Å². The van der Waals surface area contributed by atoms with Crippen molar-refractivity contribution < 1.29 is 55.8 Å². The van der Waals surface area contributed by atoms with Crippen molar-refractivity contribution in [1.29, 1.82) is 0 Å². The minimum atomic E-state index is -0.659. The van der Waals surface area contributed by atoms with Crippen molar-refractivity contribution >= 4 is 151 Å². The fourth-order valence-corrected chi connectivity index (χ4v) is 9.55. The fourth-order valence-electron chi connectivity index (χ4n) is 8.16. The number of carbonyl (C=O) groups is 4. The van der Waals surface area contributed by atoms with Crippen LogP contribution >= 0.6 is 72.1 Å². The average molecular weight is 1290 g/mol. The zero-order valence-electron chi connectivity index (χ0n) is 47.1. The summed E-state index contributed by atoms with van der Waals surface area (Å²) in [5.41, 5.74) is 8.67. The van der Waals surface area contributed by atoms with Gasteiger partial charge in [-0.1, -0.05) is 94.0 Å². The second kappa shape index (κ2) is 27.4. The monoisotopic (exact) mass is 1290 g/mol. The van der Waals surface area contributed by atoms with Gasteiger partial charge in [0.2, 0.25) is 0 Å². The van der Waals surface area contributed by atoms with Crippen molar-refractivity contribution in [3.63, 3.8) is 0 Å². The van der Waals surface area contributed by atoms with Gasteiger partial charge < -0.3 is 36.6 Å². The van der Waals surface area contributed by atoms with Crippen LogP contribution in [0.5, 0.6) is 23.0 Å². The Hall–Kier alpha value is -9.68. The van der Waals surface area contributed by atoms with Gasteiger partial charge in [-0.05, 0) is 212 Å². The topological polar surface area (TPSA) is 212 Å². The van der Waals surface area contributed by atoms with E-state index in [0.717, 1.165) is 31.4 Å². The Balaban J connectivity index is 0.000000140. The number of fused-ring (bicyclic) bond motifs is 4. The van der Waals surface area contributed by atoms with Crippen LogP contribution in [-0.4, -0.2) is 52.4 Å². The molecule has 24 heteroatoms. The highest BCUT2D eigenvalue weighted by molar-refractivity contribution is 7.80. The smallest absolute Gasteiger partial charge is 0.427 e. The van der Waals surface area contributed by atoms with E-state index in [0.29, 0.717) is 83.0 Å². The van der Waals surface area contributed by atoms with Gasteiger partial charge in [-0.3, -0.25) is 9.59 Å². The maximum absolute atomic E-state index is 12.4. The molecule has 444 valence electrons. The number of aromatic nitrogens is 4.